The van der Waals surface area contributed by atoms with Crippen molar-refractivity contribution in [3.05, 3.63) is 40.1 Å². The molecule has 0 saturated carbocycles. The molecule has 0 unspecified atom stereocenters. The molecule has 0 aromatic carbocycles. The highest BCUT2D eigenvalue weighted by atomic mass is 16.1. The van der Waals surface area contributed by atoms with Gasteiger partial charge < -0.3 is 0 Å². The summed E-state index contributed by atoms with van der Waals surface area (Å²) in [5.74, 6) is 0.521. The van der Waals surface area contributed by atoms with Crippen LogP contribution in [0.5, 0.6) is 0 Å². The molecule has 0 N–H and O–H groups in total. The van der Waals surface area contributed by atoms with Crippen LogP contribution in [0, 0.1) is 12.8 Å². The molecule has 3 rings (SSSR count). The lowest BCUT2D eigenvalue weighted by Gasteiger charge is -2.31. The van der Waals surface area contributed by atoms with Crippen LogP contribution in [0.25, 0.3) is 0 Å². The van der Waals surface area contributed by atoms with Gasteiger partial charge in [0.15, 0.2) is 0 Å². The first kappa shape index (κ1) is 14.9. The summed E-state index contributed by atoms with van der Waals surface area (Å²) in [4.78, 5) is 14.3. The van der Waals surface area contributed by atoms with E-state index < -0.39 is 0 Å². The molecule has 0 radical (unpaired) electrons. The van der Waals surface area contributed by atoms with E-state index in [0.717, 1.165) is 50.4 Å². The van der Waals surface area contributed by atoms with Crippen molar-refractivity contribution in [2.45, 2.75) is 32.9 Å². The maximum Gasteiger partial charge on any atom is 0.266 e. The third-order valence-electron chi connectivity index (χ3n) is 4.33. The Morgan fingerprint density at radius 2 is 2.05 bits per heavy atom. The summed E-state index contributed by atoms with van der Waals surface area (Å²) >= 11 is 0. The van der Waals surface area contributed by atoms with E-state index in [1.807, 2.05) is 24.9 Å². The lowest BCUT2D eigenvalue weighted by atomic mass is 9.97. The molecule has 7 nitrogen and oxygen atoms in total. The highest BCUT2D eigenvalue weighted by Gasteiger charge is 2.21. The maximum atomic E-state index is 11.8. The van der Waals surface area contributed by atoms with Gasteiger partial charge in [-0.1, -0.05) is 5.21 Å². The Balaban J connectivity index is 1.54. The van der Waals surface area contributed by atoms with Crippen LogP contribution in [0.15, 0.2) is 23.1 Å². The van der Waals surface area contributed by atoms with E-state index in [9.17, 15) is 4.79 Å². The van der Waals surface area contributed by atoms with E-state index in [2.05, 4.69) is 20.3 Å². The van der Waals surface area contributed by atoms with Crippen molar-refractivity contribution in [2.24, 2.45) is 13.0 Å². The van der Waals surface area contributed by atoms with Crippen LogP contribution >= 0.6 is 0 Å². The van der Waals surface area contributed by atoms with Gasteiger partial charge in [0.2, 0.25) is 0 Å². The summed E-state index contributed by atoms with van der Waals surface area (Å²) in [6, 6.07) is 3.37. The van der Waals surface area contributed by atoms with Crippen molar-refractivity contribution in [3.63, 3.8) is 0 Å². The molecular weight excluding hydrogens is 280 g/mol. The van der Waals surface area contributed by atoms with Gasteiger partial charge in [0.05, 0.1) is 17.6 Å². The summed E-state index contributed by atoms with van der Waals surface area (Å²) in [5, 5.41) is 12.2. The van der Waals surface area contributed by atoms with Gasteiger partial charge in [0.1, 0.15) is 0 Å². The molecule has 1 fully saturated rings. The Labute approximate surface area is 129 Å². The summed E-state index contributed by atoms with van der Waals surface area (Å²) in [5.41, 5.74) is 2.02. The monoisotopic (exact) mass is 302 g/mol. The molecule has 0 atom stereocenters. The van der Waals surface area contributed by atoms with Crippen LogP contribution < -0.4 is 5.56 Å². The molecule has 1 saturated heterocycles. The lowest BCUT2D eigenvalue weighted by Crippen LogP contribution is -2.36. The van der Waals surface area contributed by atoms with E-state index in [1.165, 1.54) is 0 Å². The van der Waals surface area contributed by atoms with Gasteiger partial charge in [0, 0.05) is 26.2 Å². The molecule has 0 aliphatic carbocycles. The van der Waals surface area contributed by atoms with Gasteiger partial charge in [0.25, 0.3) is 5.56 Å². The van der Waals surface area contributed by atoms with Gasteiger partial charge in [-0.3, -0.25) is 14.4 Å². The molecule has 0 bridgehead atoms. The lowest BCUT2D eigenvalue weighted by molar-refractivity contribution is 0.160. The van der Waals surface area contributed by atoms with Gasteiger partial charge in [-0.25, -0.2) is 4.68 Å². The fraction of sp³-hybridized carbons (Fsp3) is 0.600. The van der Waals surface area contributed by atoms with Crippen LogP contribution in [0.3, 0.4) is 0 Å². The Hall–Kier alpha value is -2.02. The largest absolute Gasteiger partial charge is 0.297 e. The van der Waals surface area contributed by atoms with Gasteiger partial charge in [-0.2, -0.15) is 5.10 Å². The first-order valence-electron chi connectivity index (χ1n) is 7.72. The van der Waals surface area contributed by atoms with Crippen molar-refractivity contribution >= 4 is 0 Å². The molecule has 2 aromatic rings. The van der Waals surface area contributed by atoms with Crippen LogP contribution in [-0.4, -0.2) is 42.8 Å². The molecule has 0 spiro atoms. The molecule has 0 amide bonds. The average molecular weight is 302 g/mol. The zero-order valence-corrected chi connectivity index (χ0v) is 13.1. The minimum absolute atomic E-state index is 0.00557. The minimum Gasteiger partial charge on any atom is -0.297 e. The van der Waals surface area contributed by atoms with E-state index in [4.69, 9.17) is 0 Å². The van der Waals surface area contributed by atoms with Crippen LogP contribution in [-0.2, 0) is 20.1 Å². The van der Waals surface area contributed by atoms with Crippen molar-refractivity contribution in [1.82, 2.24) is 29.7 Å². The predicted octanol–water partition coefficient (Wildman–Crippen LogP) is 0.592. The van der Waals surface area contributed by atoms with Crippen molar-refractivity contribution in [1.29, 1.82) is 0 Å². The molecule has 1 aliphatic heterocycles. The third kappa shape index (κ3) is 3.41. The van der Waals surface area contributed by atoms with Gasteiger partial charge >= 0.3 is 0 Å². The molecule has 118 valence electrons. The second-order valence-electron chi connectivity index (χ2n) is 6.06. The second-order valence-corrected chi connectivity index (χ2v) is 6.06. The van der Waals surface area contributed by atoms with Crippen LogP contribution in [0.1, 0.15) is 24.2 Å². The first-order chi connectivity index (χ1) is 10.6. The number of nitrogens with zero attached hydrogens (tertiary/aromatic N) is 6. The SMILES string of the molecule is Cc1ccc(=O)n(CC2CCN(Cc3cnnn3C)CC2)n1. The number of likely N-dealkylation sites (tertiary alicyclic amines) is 1. The first-order valence-corrected chi connectivity index (χ1v) is 7.72. The van der Waals surface area contributed by atoms with Gasteiger partial charge in [-0.05, 0) is 44.8 Å². The maximum absolute atomic E-state index is 11.8. The standard InChI is InChI=1S/C15H22N6O/c1-12-3-4-15(22)21(17-12)10-13-5-7-20(8-6-13)11-14-9-16-18-19(14)2/h3-4,9,13H,5-8,10-11H2,1-2H3. The quantitative estimate of drug-likeness (QED) is 0.827. The van der Waals surface area contributed by atoms with E-state index in [-0.39, 0.29) is 5.56 Å². The Morgan fingerprint density at radius 1 is 1.27 bits per heavy atom. The number of hydrogen-bond donors (Lipinski definition) is 0. The number of hydrogen-bond acceptors (Lipinski definition) is 5. The zero-order valence-electron chi connectivity index (χ0n) is 13.1. The molecule has 3 heterocycles. The molecular formula is C15H22N6O. The highest BCUT2D eigenvalue weighted by molar-refractivity contribution is 4.97. The smallest absolute Gasteiger partial charge is 0.266 e. The normalized spacial score (nSPS) is 17.0. The molecule has 1 aliphatic rings. The fourth-order valence-corrected chi connectivity index (χ4v) is 2.94. The number of aromatic nitrogens is 5. The summed E-state index contributed by atoms with van der Waals surface area (Å²) in [7, 11) is 1.92. The summed E-state index contributed by atoms with van der Waals surface area (Å²) in [6.45, 7) is 5.60. The van der Waals surface area contributed by atoms with Gasteiger partial charge in [-0.15, -0.1) is 5.10 Å². The van der Waals surface area contributed by atoms with Crippen molar-refractivity contribution < 1.29 is 0 Å². The average Bonchev–Trinajstić information content (AvgIpc) is 2.90. The fourth-order valence-electron chi connectivity index (χ4n) is 2.94. The molecule has 22 heavy (non-hydrogen) atoms. The molecule has 7 heteroatoms. The van der Waals surface area contributed by atoms with Crippen molar-refractivity contribution in [3.8, 4) is 0 Å². The van der Waals surface area contributed by atoms with E-state index in [1.54, 1.807) is 16.8 Å². The third-order valence-corrected chi connectivity index (χ3v) is 4.33. The number of aryl methyl sites for hydroxylation is 2. The Morgan fingerprint density at radius 3 is 2.73 bits per heavy atom. The highest BCUT2D eigenvalue weighted by Crippen LogP contribution is 2.19. The second kappa shape index (κ2) is 6.39. The summed E-state index contributed by atoms with van der Waals surface area (Å²) in [6.07, 6.45) is 4.00. The number of piperidine rings is 1. The minimum atomic E-state index is -0.00557. The Kier molecular flexibility index (Phi) is 4.33. The molecule has 2 aromatic heterocycles. The predicted molar refractivity (Wildman–Crippen MR) is 82.2 cm³/mol. The zero-order chi connectivity index (χ0) is 15.5. The van der Waals surface area contributed by atoms with Crippen LogP contribution in [0.4, 0.5) is 0 Å². The van der Waals surface area contributed by atoms with Crippen molar-refractivity contribution in [2.75, 3.05) is 13.1 Å². The van der Waals surface area contributed by atoms with E-state index in [0.29, 0.717) is 5.92 Å². The number of rotatable bonds is 4. The van der Waals surface area contributed by atoms with E-state index >= 15 is 0 Å². The topological polar surface area (TPSA) is 68.8 Å². The van der Waals surface area contributed by atoms with Crippen LogP contribution in [0.2, 0.25) is 0 Å². The summed E-state index contributed by atoms with van der Waals surface area (Å²) < 4.78 is 3.43. The Bertz CT molecular complexity index is 683.